The molecule has 0 bridgehead atoms. The van der Waals surface area contributed by atoms with Crippen LogP contribution in [0.3, 0.4) is 0 Å². The predicted molar refractivity (Wildman–Crippen MR) is 132 cm³/mol. The quantitative estimate of drug-likeness (QED) is 0.0839. The summed E-state index contributed by atoms with van der Waals surface area (Å²) in [5.41, 5.74) is 0. The topological polar surface area (TPSA) is 46.5 Å². The third-order valence-electron chi connectivity index (χ3n) is 5.82. The summed E-state index contributed by atoms with van der Waals surface area (Å²) in [6, 6.07) is 0. The van der Waals surface area contributed by atoms with Crippen LogP contribution in [0.1, 0.15) is 117 Å². The van der Waals surface area contributed by atoms with E-state index in [1.54, 1.807) is 0 Å². The lowest BCUT2D eigenvalue weighted by Crippen LogP contribution is -2.44. The molecule has 0 aliphatic heterocycles. The Kier molecular flexibility index (Phi) is 18.3. The van der Waals surface area contributed by atoms with Crippen LogP contribution < -0.4 is 0 Å². The van der Waals surface area contributed by atoms with Gasteiger partial charge in [0.1, 0.15) is 0 Å². The van der Waals surface area contributed by atoms with Crippen molar-refractivity contribution in [2.45, 2.75) is 122 Å². The Bertz CT molecular complexity index is 460. The zero-order valence-electron chi connectivity index (χ0n) is 20.9. The Morgan fingerprint density at radius 1 is 0.767 bits per heavy atom. The lowest BCUT2D eigenvalue weighted by molar-refractivity contribution is -0.883. The van der Waals surface area contributed by atoms with Gasteiger partial charge in [0.05, 0.1) is 27.7 Å². The van der Waals surface area contributed by atoms with Crippen molar-refractivity contribution in [3.8, 4) is 0 Å². The molecule has 0 aliphatic rings. The minimum Gasteiger partial charge on any atom is -0.320 e. The van der Waals surface area contributed by atoms with Crippen LogP contribution in [0.25, 0.3) is 0 Å². The number of allylic oxidation sites excluding steroid dienone is 2. The highest BCUT2D eigenvalue weighted by atomic mass is 31.2. The van der Waals surface area contributed by atoms with E-state index in [-0.39, 0.29) is 5.78 Å². The van der Waals surface area contributed by atoms with Gasteiger partial charge in [-0.05, 0) is 32.1 Å². The van der Waals surface area contributed by atoms with E-state index >= 15 is 0 Å². The van der Waals surface area contributed by atoms with Gasteiger partial charge >= 0.3 is 7.60 Å². The zero-order valence-corrected chi connectivity index (χ0v) is 21.8. The lowest BCUT2D eigenvalue weighted by atomic mass is 10.1. The maximum atomic E-state index is 12.5. The van der Waals surface area contributed by atoms with Gasteiger partial charge in [0.15, 0.2) is 5.78 Å². The normalized spacial score (nSPS) is 15.5. The summed E-state index contributed by atoms with van der Waals surface area (Å²) in [4.78, 5) is 10.3. The van der Waals surface area contributed by atoms with Crippen LogP contribution in [0.4, 0.5) is 0 Å². The third-order valence-corrected chi connectivity index (χ3v) is 8.18. The molecular formula is C25H53NO3P+. The molecule has 30 heavy (non-hydrogen) atoms. The monoisotopic (exact) mass is 446 g/mol. The van der Waals surface area contributed by atoms with Crippen LogP contribution in [-0.2, 0) is 9.09 Å². The molecule has 2 unspecified atom stereocenters. The lowest BCUT2D eigenvalue weighted by Gasteiger charge is -2.35. The number of quaternary nitrogens is 1. The Labute approximate surface area is 188 Å². The molecule has 1 N–H and O–H groups in total. The van der Waals surface area contributed by atoms with Gasteiger partial charge in [-0.3, -0.25) is 4.57 Å². The number of unbranched alkanes of at least 4 members (excludes halogenated alkanes) is 13. The van der Waals surface area contributed by atoms with Gasteiger partial charge < -0.3 is 13.9 Å². The molecule has 0 saturated heterocycles. The summed E-state index contributed by atoms with van der Waals surface area (Å²) in [5, 5.41) is 0. The van der Waals surface area contributed by atoms with Gasteiger partial charge in [-0.15, -0.1) is 0 Å². The second kappa shape index (κ2) is 18.4. The van der Waals surface area contributed by atoms with Gasteiger partial charge in [-0.1, -0.05) is 90.2 Å². The van der Waals surface area contributed by atoms with Gasteiger partial charge in [0, 0.05) is 6.42 Å². The predicted octanol–water partition coefficient (Wildman–Crippen LogP) is 8.06. The molecule has 2 atom stereocenters. The van der Waals surface area contributed by atoms with Crippen molar-refractivity contribution < 1.29 is 18.5 Å². The first kappa shape index (κ1) is 29.9. The third kappa shape index (κ3) is 16.5. The molecule has 0 aromatic rings. The first-order chi connectivity index (χ1) is 14.3. The molecule has 0 fully saturated rings. The molecule has 0 amide bonds. The summed E-state index contributed by atoms with van der Waals surface area (Å²) in [6.45, 7) is 4.61. The second-order valence-corrected chi connectivity index (χ2v) is 11.7. The van der Waals surface area contributed by atoms with E-state index < -0.39 is 7.60 Å². The van der Waals surface area contributed by atoms with Crippen LogP contribution in [0.15, 0.2) is 12.2 Å². The number of hydrogen-bond donors (Lipinski definition) is 1. The molecule has 5 heteroatoms. The van der Waals surface area contributed by atoms with Crippen LogP contribution in [0.2, 0.25) is 0 Å². The van der Waals surface area contributed by atoms with E-state index in [1.165, 1.54) is 70.6 Å². The molecule has 0 rings (SSSR count). The SMILES string of the molecule is CCCCCCCCCCC/C=C\CCCCCCOP(=O)(O)C(CC)[N+](C)(C)C. The fourth-order valence-electron chi connectivity index (χ4n) is 4.02. The first-order valence-corrected chi connectivity index (χ1v) is 14.3. The van der Waals surface area contributed by atoms with Crippen molar-refractivity contribution in [2.75, 3.05) is 27.7 Å². The maximum Gasteiger partial charge on any atom is 0.385 e. The van der Waals surface area contributed by atoms with E-state index in [0.717, 1.165) is 25.7 Å². The summed E-state index contributed by atoms with van der Waals surface area (Å²) >= 11 is 0. The Morgan fingerprint density at radius 2 is 1.20 bits per heavy atom. The standard InChI is InChI=1S/C25H52NO3P/c1-6-8-9-10-11-12-13-14-15-16-17-18-19-20-21-22-23-24-29-30(27,28)25(7-2)26(3,4)5/h17-18,25H,6-16,19-24H2,1-5H3/p+1/b18-17-. The summed E-state index contributed by atoms with van der Waals surface area (Å²) < 4.78 is 18.3. The van der Waals surface area contributed by atoms with Crippen molar-refractivity contribution in [1.82, 2.24) is 0 Å². The number of rotatable bonds is 21. The molecular weight excluding hydrogens is 393 g/mol. The summed E-state index contributed by atoms with van der Waals surface area (Å²) in [7, 11) is 2.29. The second-order valence-electron chi connectivity index (χ2n) is 9.69. The van der Waals surface area contributed by atoms with Crippen molar-refractivity contribution in [1.29, 1.82) is 0 Å². The van der Waals surface area contributed by atoms with Crippen molar-refractivity contribution >= 4 is 7.60 Å². The molecule has 0 spiro atoms. The minimum absolute atomic E-state index is 0.353. The fourth-order valence-corrected chi connectivity index (χ4v) is 5.92. The highest BCUT2D eigenvalue weighted by Crippen LogP contribution is 2.51. The van der Waals surface area contributed by atoms with E-state index in [2.05, 4.69) is 19.1 Å². The molecule has 0 radical (unpaired) electrons. The van der Waals surface area contributed by atoms with Crippen LogP contribution in [0.5, 0.6) is 0 Å². The highest BCUT2D eigenvalue weighted by molar-refractivity contribution is 7.53. The minimum atomic E-state index is -3.55. The molecule has 0 aromatic heterocycles. The Morgan fingerprint density at radius 3 is 1.63 bits per heavy atom. The zero-order chi connectivity index (χ0) is 22.7. The van der Waals surface area contributed by atoms with Crippen molar-refractivity contribution in [3.05, 3.63) is 12.2 Å². The van der Waals surface area contributed by atoms with Crippen LogP contribution in [0, 0.1) is 0 Å². The molecule has 0 aliphatic carbocycles. The largest absolute Gasteiger partial charge is 0.385 e. The average Bonchev–Trinajstić information content (AvgIpc) is 2.66. The van der Waals surface area contributed by atoms with E-state index in [0.29, 0.717) is 17.5 Å². The Hall–Kier alpha value is -0.150. The van der Waals surface area contributed by atoms with Crippen molar-refractivity contribution in [2.24, 2.45) is 0 Å². The molecule has 0 aromatic carbocycles. The van der Waals surface area contributed by atoms with Crippen LogP contribution >= 0.6 is 7.60 Å². The van der Waals surface area contributed by atoms with E-state index in [1.807, 2.05) is 28.1 Å². The molecule has 180 valence electrons. The van der Waals surface area contributed by atoms with Gasteiger partial charge in [-0.25, -0.2) is 0 Å². The summed E-state index contributed by atoms with van der Waals surface area (Å²) in [6.07, 6.45) is 24.5. The molecule has 0 heterocycles. The average molecular weight is 447 g/mol. The smallest absolute Gasteiger partial charge is 0.320 e. The van der Waals surface area contributed by atoms with E-state index in [9.17, 15) is 9.46 Å². The van der Waals surface area contributed by atoms with E-state index in [4.69, 9.17) is 4.52 Å². The number of nitrogens with zero attached hydrogens (tertiary/aromatic N) is 1. The number of hydrogen-bond acceptors (Lipinski definition) is 2. The van der Waals surface area contributed by atoms with Gasteiger partial charge in [0.2, 0.25) is 0 Å². The van der Waals surface area contributed by atoms with Crippen molar-refractivity contribution in [3.63, 3.8) is 0 Å². The fraction of sp³-hybridized carbons (Fsp3) is 0.920. The molecule has 4 nitrogen and oxygen atoms in total. The van der Waals surface area contributed by atoms with Gasteiger partial charge in [0.25, 0.3) is 0 Å². The summed E-state index contributed by atoms with van der Waals surface area (Å²) in [5.74, 6) is -0.353. The first-order valence-electron chi connectivity index (χ1n) is 12.7. The van der Waals surface area contributed by atoms with Gasteiger partial charge in [-0.2, -0.15) is 0 Å². The highest BCUT2D eigenvalue weighted by Gasteiger charge is 2.41. The van der Waals surface area contributed by atoms with Crippen LogP contribution in [-0.4, -0.2) is 42.9 Å². The maximum absolute atomic E-state index is 12.5. The molecule has 0 saturated carbocycles. The Balaban J connectivity index is 3.52.